The summed E-state index contributed by atoms with van der Waals surface area (Å²) in [4.78, 5) is 21.5. The van der Waals surface area contributed by atoms with Gasteiger partial charge in [0.15, 0.2) is 0 Å². The number of benzene rings is 1. The molecule has 0 aliphatic heterocycles. The molecule has 0 bridgehead atoms. The van der Waals surface area contributed by atoms with Crippen LogP contribution >= 0.6 is 0 Å². The molecule has 0 aliphatic carbocycles. The molecule has 0 heterocycles. The first-order valence-electron chi connectivity index (χ1n) is 5.47. The smallest absolute Gasteiger partial charge is 0.323 e. The van der Waals surface area contributed by atoms with E-state index in [2.05, 4.69) is 17.6 Å². The maximum absolute atomic E-state index is 11.2. The first kappa shape index (κ1) is 13.0. The van der Waals surface area contributed by atoms with Crippen LogP contribution in [0.25, 0.3) is 0 Å². The number of aryl methyl sites for hydroxylation is 1. The van der Waals surface area contributed by atoms with Gasteiger partial charge in [0.05, 0.1) is 0 Å². The second-order valence-electron chi connectivity index (χ2n) is 3.65. The van der Waals surface area contributed by atoms with E-state index >= 15 is 0 Å². The van der Waals surface area contributed by atoms with Crippen LogP contribution in [-0.2, 0) is 11.2 Å². The van der Waals surface area contributed by atoms with Gasteiger partial charge in [0.1, 0.15) is 6.54 Å². The lowest BCUT2D eigenvalue weighted by Gasteiger charge is -2.06. The van der Waals surface area contributed by atoms with E-state index in [9.17, 15) is 9.59 Å². The first-order chi connectivity index (χ1) is 8.11. The molecule has 1 aromatic rings. The van der Waals surface area contributed by atoms with Crippen LogP contribution in [0.5, 0.6) is 0 Å². The molecule has 0 fully saturated rings. The Morgan fingerprint density at radius 1 is 1.24 bits per heavy atom. The van der Waals surface area contributed by atoms with Gasteiger partial charge in [-0.05, 0) is 24.1 Å². The highest BCUT2D eigenvalue weighted by molar-refractivity contribution is 5.91. The number of carboxylic acids is 1. The van der Waals surface area contributed by atoms with Crippen LogP contribution in [0.2, 0.25) is 0 Å². The van der Waals surface area contributed by atoms with Crippen LogP contribution < -0.4 is 10.6 Å². The van der Waals surface area contributed by atoms with E-state index in [1.165, 1.54) is 5.56 Å². The molecule has 5 nitrogen and oxygen atoms in total. The van der Waals surface area contributed by atoms with Crippen molar-refractivity contribution in [3.63, 3.8) is 0 Å². The topological polar surface area (TPSA) is 78.4 Å². The Kier molecular flexibility index (Phi) is 5.00. The quantitative estimate of drug-likeness (QED) is 0.730. The van der Waals surface area contributed by atoms with E-state index < -0.39 is 12.0 Å². The third-order valence-electron chi connectivity index (χ3n) is 2.15. The summed E-state index contributed by atoms with van der Waals surface area (Å²) in [5, 5.41) is 13.2. The number of hydrogen-bond donors (Lipinski definition) is 3. The van der Waals surface area contributed by atoms with Gasteiger partial charge < -0.3 is 15.7 Å². The molecule has 0 saturated heterocycles. The highest BCUT2D eigenvalue weighted by Crippen LogP contribution is 2.10. The molecule has 0 radical (unpaired) electrons. The van der Waals surface area contributed by atoms with Crippen LogP contribution in [0.3, 0.4) is 0 Å². The van der Waals surface area contributed by atoms with Gasteiger partial charge >= 0.3 is 12.0 Å². The molecule has 0 atom stereocenters. The van der Waals surface area contributed by atoms with E-state index in [4.69, 9.17) is 5.11 Å². The number of amides is 2. The van der Waals surface area contributed by atoms with Gasteiger partial charge in [-0.25, -0.2) is 4.79 Å². The number of rotatable bonds is 5. The first-order valence-corrected chi connectivity index (χ1v) is 5.47. The summed E-state index contributed by atoms with van der Waals surface area (Å²) in [5.74, 6) is -1.07. The number of anilines is 1. The van der Waals surface area contributed by atoms with Gasteiger partial charge in [0.25, 0.3) is 0 Å². The molecule has 2 amide bonds. The summed E-state index contributed by atoms with van der Waals surface area (Å²) in [5.41, 5.74) is 1.86. The van der Waals surface area contributed by atoms with Crippen LogP contribution in [-0.4, -0.2) is 23.7 Å². The lowest BCUT2D eigenvalue weighted by molar-refractivity contribution is -0.135. The summed E-state index contributed by atoms with van der Waals surface area (Å²) in [6.45, 7) is 1.71. The van der Waals surface area contributed by atoms with E-state index in [0.717, 1.165) is 12.8 Å². The molecule has 1 rings (SSSR count). The molecule has 0 spiro atoms. The average Bonchev–Trinajstić information content (AvgIpc) is 2.29. The van der Waals surface area contributed by atoms with Crippen molar-refractivity contribution in [2.45, 2.75) is 19.8 Å². The van der Waals surface area contributed by atoms with Crippen molar-refractivity contribution >= 4 is 17.7 Å². The molecular formula is C12H16N2O3. The predicted molar refractivity (Wildman–Crippen MR) is 65.1 cm³/mol. The molecule has 5 heteroatoms. The summed E-state index contributed by atoms with van der Waals surface area (Å²) < 4.78 is 0. The molecule has 0 saturated carbocycles. The van der Waals surface area contributed by atoms with Crippen LogP contribution in [0.15, 0.2) is 24.3 Å². The third kappa shape index (κ3) is 5.01. The molecule has 0 unspecified atom stereocenters. The molecule has 0 aromatic heterocycles. The number of urea groups is 1. The SMILES string of the molecule is CCCc1ccc(NC(=O)NCC(=O)O)cc1. The Labute approximate surface area is 99.8 Å². The van der Waals surface area contributed by atoms with Gasteiger partial charge in [-0.2, -0.15) is 0 Å². The summed E-state index contributed by atoms with van der Waals surface area (Å²) in [7, 11) is 0. The molecule has 1 aromatic carbocycles. The second-order valence-corrected chi connectivity index (χ2v) is 3.65. The summed E-state index contributed by atoms with van der Waals surface area (Å²) in [6, 6.07) is 6.96. The lowest BCUT2D eigenvalue weighted by atomic mass is 10.1. The Balaban J connectivity index is 2.45. The minimum absolute atomic E-state index is 0.389. The number of carbonyl (C=O) groups is 2. The lowest BCUT2D eigenvalue weighted by Crippen LogP contribution is -2.33. The molecule has 92 valence electrons. The van der Waals surface area contributed by atoms with Crippen molar-refractivity contribution in [1.82, 2.24) is 5.32 Å². The van der Waals surface area contributed by atoms with Crippen molar-refractivity contribution < 1.29 is 14.7 Å². The Bertz CT molecular complexity index is 387. The number of carboxylic acid groups (broad SMARTS) is 1. The molecule has 0 aliphatic rings. The van der Waals surface area contributed by atoms with Gasteiger partial charge in [-0.3, -0.25) is 4.79 Å². The molecular weight excluding hydrogens is 220 g/mol. The fourth-order valence-corrected chi connectivity index (χ4v) is 1.37. The van der Waals surface area contributed by atoms with E-state index in [1.54, 1.807) is 12.1 Å². The zero-order valence-electron chi connectivity index (χ0n) is 9.69. The number of carbonyl (C=O) groups excluding carboxylic acids is 1. The third-order valence-corrected chi connectivity index (χ3v) is 2.15. The van der Waals surface area contributed by atoms with Gasteiger partial charge in [0.2, 0.25) is 0 Å². The number of aliphatic carboxylic acids is 1. The zero-order chi connectivity index (χ0) is 12.7. The highest BCUT2D eigenvalue weighted by atomic mass is 16.4. The van der Waals surface area contributed by atoms with E-state index in [0.29, 0.717) is 5.69 Å². The van der Waals surface area contributed by atoms with Gasteiger partial charge in [0, 0.05) is 5.69 Å². The number of nitrogens with one attached hydrogen (secondary N) is 2. The summed E-state index contributed by atoms with van der Waals surface area (Å²) >= 11 is 0. The van der Waals surface area contributed by atoms with Crippen molar-refractivity contribution in [3.05, 3.63) is 29.8 Å². The van der Waals surface area contributed by atoms with Crippen LogP contribution in [0.1, 0.15) is 18.9 Å². The van der Waals surface area contributed by atoms with Crippen molar-refractivity contribution in [2.75, 3.05) is 11.9 Å². The van der Waals surface area contributed by atoms with Gasteiger partial charge in [-0.15, -0.1) is 0 Å². The Morgan fingerprint density at radius 3 is 2.41 bits per heavy atom. The minimum atomic E-state index is -1.07. The fraction of sp³-hybridized carbons (Fsp3) is 0.333. The minimum Gasteiger partial charge on any atom is -0.480 e. The molecule has 17 heavy (non-hydrogen) atoms. The summed E-state index contributed by atoms with van der Waals surface area (Å²) in [6.07, 6.45) is 2.08. The number of hydrogen-bond acceptors (Lipinski definition) is 2. The van der Waals surface area contributed by atoms with Crippen molar-refractivity contribution in [3.8, 4) is 0 Å². The predicted octanol–water partition coefficient (Wildman–Crippen LogP) is 1.85. The molecule has 3 N–H and O–H groups in total. The van der Waals surface area contributed by atoms with Crippen molar-refractivity contribution in [1.29, 1.82) is 0 Å². The monoisotopic (exact) mass is 236 g/mol. The largest absolute Gasteiger partial charge is 0.480 e. The van der Waals surface area contributed by atoms with E-state index in [-0.39, 0.29) is 6.54 Å². The van der Waals surface area contributed by atoms with Crippen LogP contribution in [0, 0.1) is 0 Å². The van der Waals surface area contributed by atoms with Crippen LogP contribution in [0.4, 0.5) is 10.5 Å². The average molecular weight is 236 g/mol. The highest BCUT2D eigenvalue weighted by Gasteiger charge is 2.03. The fourth-order valence-electron chi connectivity index (χ4n) is 1.37. The van der Waals surface area contributed by atoms with Gasteiger partial charge in [-0.1, -0.05) is 25.5 Å². The van der Waals surface area contributed by atoms with E-state index in [1.807, 2.05) is 12.1 Å². The standard InChI is InChI=1S/C12H16N2O3/c1-2-3-9-4-6-10(7-5-9)14-12(17)13-8-11(15)16/h4-7H,2-3,8H2,1H3,(H,15,16)(H2,13,14,17). The van der Waals surface area contributed by atoms with Crippen molar-refractivity contribution in [2.24, 2.45) is 0 Å². The Morgan fingerprint density at radius 2 is 1.88 bits per heavy atom. The maximum Gasteiger partial charge on any atom is 0.323 e. The zero-order valence-corrected chi connectivity index (χ0v) is 9.69. The normalized spacial score (nSPS) is 9.71. The maximum atomic E-state index is 11.2. The Hall–Kier alpha value is -2.04. The second kappa shape index (κ2) is 6.52.